The van der Waals surface area contributed by atoms with E-state index in [1.165, 1.54) is 19.4 Å². The molecule has 0 aliphatic carbocycles. The number of hydrogen-bond donors (Lipinski definition) is 0. The molecule has 0 aromatic rings. The molecule has 1 atom stereocenters. The maximum Gasteiger partial charge on any atom is 0.0252 e. The summed E-state index contributed by atoms with van der Waals surface area (Å²) < 4.78 is 0. The summed E-state index contributed by atoms with van der Waals surface area (Å²) in [6.45, 7) is 3.48. The van der Waals surface area contributed by atoms with Gasteiger partial charge < -0.3 is 0 Å². The summed E-state index contributed by atoms with van der Waals surface area (Å²) in [6.07, 6.45) is 2.62. The molecule has 0 bridgehead atoms. The fraction of sp³-hybridized carbons (Fsp3) is 1.00. The summed E-state index contributed by atoms with van der Waals surface area (Å²) in [7, 11) is 4.32. The van der Waals surface area contributed by atoms with Gasteiger partial charge in [-0.25, -0.2) is 10.0 Å². The molecule has 1 aliphatic rings. The van der Waals surface area contributed by atoms with Crippen LogP contribution in [0, 0.1) is 0 Å². The smallest absolute Gasteiger partial charge is 0.0252 e. The van der Waals surface area contributed by atoms with Crippen LogP contribution in [0.15, 0.2) is 0 Å². The van der Waals surface area contributed by atoms with Gasteiger partial charge in [0, 0.05) is 26.7 Å². The Balaban J connectivity index is 2.41. The van der Waals surface area contributed by atoms with Gasteiger partial charge in [-0.3, -0.25) is 0 Å². The highest BCUT2D eigenvalue weighted by molar-refractivity contribution is 4.72. The lowest BCUT2D eigenvalue weighted by Gasteiger charge is -2.23. The zero-order valence-electron chi connectivity index (χ0n) is 6.59. The third kappa shape index (κ3) is 1.25. The van der Waals surface area contributed by atoms with Gasteiger partial charge in [0.15, 0.2) is 0 Å². The van der Waals surface area contributed by atoms with Crippen LogP contribution in [0.2, 0.25) is 0 Å². The van der Waals surface area contributed by atoms with E-state index in [4.69, 9.17) is 0 Å². The topological polar surface area (TPSA) is 6.48 Å². The van der Waals surface area contributed by atoms with Gasteiger partial charge in [0.25, 0.3) is 0 Å². The van der Waals surface area contributed by atoms with E-state index in [0.717, 1.165) is 6.04 Å². The van der Waals surface area contributed by atoms with E-state index in [9.17, 15) is 0 Å². The van der Waals surface area contributed by atoms with Crippen LogP contribution < -0.4 is 0 Å². The molecule has 1 rings (SSSR count). The maximum absolute atomic E-state index is 2.33. The fourth-order valence-electron chi connectivity index (χ4n) is 1.43. The van der Waals surface area contributed by atoms with Crippen LogP contribution >= 0.6 is 0 Å². The number of nitrogens with zero attached hydrogens (tertiary/aromatic N) is 2. The normalized spacial score (nSPS) is 31.7. The van der Waals surface area contributed by atoms with Gasteiger partial charge in [-0.2, -0.15) is 0 Å². The van der Waals surface area contributed by atoms with Gasteiger partial charge in [-0.1, -0.05) is 6.92 Å². The Labute approximate surface area is 57.4 Å². The molecule has 0 amide bonds. The molecule has 2 nitrogen and oxygen atoms in total. The van der Waals surface area contributed by atoms with Crippen LogP contribution in [0.25, 0.3) is 0 Å². The molecule has 2 heteroatoms. The standard InChI is InChI=1S/C7H16N2/c1-4-7-5-6-8(2)9(7)3/h7H,4-6H2,1-3H3/t7-/m1/s1. The lowest BCUT2D eigenvalue weighted by Crippen LogP contribution is -2.34. The van der Waals surface area contributed by atoms with Crippen LogP contribution in [0.5, 0.6) is 0 Å². The molecule has 0 aromatic carbocycles. The summed E-state index contributed by atoms with van der Waals surface area (Å²) in [6, 6.07) is 0.801. The average Bonchev–Trinajstić information content (AvgIpc) is 2.15. The van der Waals surface area contributed by atoms with Gasteiger partial charge in [0.05, 0.1) is 0 Å². The lowest BCUT2D eigenvalue weighted by molar-refractivity contribution is 0.0520. The molecule has 0 N–H and O–H groups in total. The van der Waals surface area contributed by atoms with Crippen molar-refractivity contribution < 1.29 is 0 Å². The second kappa shape index (κ2) is 2.67. The first-order valence-electron chi connectivity index (χ1n) is 3.69. The third-order valence-electron chi connectivity index (χ3n) is 2.32. The summed E-state index contributed by atoms with van der Waals surface area (Å²) >= 11 is 0. The molecular formula is C7H16N2. The van der Waals surface area contributed by atoms with Crippen molar-refractivity contribution in [2.45, 2.75) is 25.8 Å². The zero-order chi connectivity index (χ0) is 6.85. The SMILES string of the molecule is CC[C@@H]1CCN(C)N1C. The van der Waals surface area contributed by atoms with E-state index < -0.39 is 0 Å². The first kappa shape index (κ1) is 7.03. The van der Waals surface area contributed by atoms with E-state index in [1.807, 2.05) is 0 Å². The molecule has 54 valence electrons. The van der Waals surface area contributed by atoms with E-state index in [2.05, 4.69) is 31.0 Å². The summed E-state index contributed by atoms with van der Waals surface area (Å²) in [5, 5.41) is 4.62. The quantitative estimate of drug-likeness (QED) is 0.518. The van der Waals surface area contributed by atoms with Crippen molar-refractivity contribution in [1.29, 1.82) is 0 Å². The highest BCUT2D eigenvalue weighted by Gasteiger charge is 2.23. The predicted octanol–water partition coefficient (Wildman–Crippen LogP) is 0.947. The van der Waals surface area contributed by atoms with E-state index >= 15 is 0 Å². The number of rotatable bonds is 1. The van der Waals surface area contributed by atoms with Crippen molar-refractivity contribution >= 4 is 0 Å². The second-order valence-corrected chi connectivity index (χ2v) is 2.81. The molecule has 0 saturated carbocycles. The highest BCUT2D eigenvalue weighted by atomic mass is 15.6. The number of hydrogen-bond acceptors (Lipinski definition) is 2. The molecule has 0 unspecified atom stereocenters. The Bertz CT molecular complexity index is 92.9. The van der Waals surface area contributed by atoms with Gasteiger partial charge >= 0.3 is 0 Å². The molecule has 0 radical (unpaired) electrons. The first-order valence-corrected chi connectivity index (χ1v) is 3.69. The van der Waals surface area contributed by atoms with Crippen molar-refractivity contribution in [3.63, 3.8) is 0 Å². The highest BCUT2D eigenvalue weighted by Crippen LogP contribution is 2.15. The molecule has 1 aliphatic heterocycles. The van der Waals surface area contributed by atoms with Crippen LogP contribution in [-0.2, 0) is 0 Å². The molecule has 1 heterocycles. The maximum atomic E-state index is 2.33. The average molecular weight is 128 g/mol. The Morgan fingerprint density at radius 1 is 1.44 bits per heavy atom. The van der Waals surface area contributed by atoms with E-state index in [-0.39, 0.29) is 0 Å². The van der Waals surface area contributed by atoms with Crippen molar-refractivity contribution in [2.75, 3.05) is 20.6 Å². The Morgan fingerprint density at radius 3 is 2.33 bits per heavy atom. The minimum atomic E-state index is 0.801. The fourth-order valence-corrected chi connectivity index (χ4v) is 1.43. The number of hydrazine groups is 1. The zero-order valence-corrected chi connectivity index (χ0v) is 6.59. The molecule has 0 aromatic heterocycles. The van der Waals surface area contributed by atoms with Crippen LogP contribution in [0.3, 0.4) is 0 Å². The van der Waals surface area contributed by atoms with Crippen molar-refractivity contribution in [3.8, 4) is 0 Å². The minimum absolute atomic E-state index is 0.801. The second-order valence-electron chi connectivity index (χ2n) is 2.81. The predicted molar refractivity (Wildman–Crippen MR) is 39.1 cm³/mol. The summed E-state index contributed by atoms with van der Waals surface area (Å²) in [4.78, 5) is 0. The van der Waals surface area contributed by atoms with Gasteiger partial charge in [-0.15, -0.1) is 0 Å². The van der Waals surface area contributed by atoms with Gasteiger partial charge in [0.1, 0.15) is 0 Å². The molecular weight excluding hydrogens is 112 g/mol. The molecule has 1 saturated heterocycles. The summed E-state index contributed by atoms with van der Waals surface area (Å²) in [5.74, 6) is 0. The first-order chi connectivity index (χ1) is 4.25. The lowest BCUT2D eigenvalue weighted by atomic mass is 10.2. The van der Waals surface area contributed by atoms with Crippen LogP contribution in [-0.4, -0.2) is 36.7 Å². The summed E-state index contributed by atoms with van der Waals surface area (Å²) in [5.41, 5.74) is 0. The van der Waals surface area contributed by atoms with Crippen molar-refractivity contribution in [3.05, 3.63) is 0 Å². The van der Waals surface area contributed by atoms with Gasteiger partial charge in [0.2, 0.25) is 0 Å². The molecule has 9 heavy (non-hydrogen) atoms. The largest absolute Gasteiger partial charge is 0.245 e. The van der Waals surface area contributed by atoms with Crippen molar-refractivity contribution in [1.82, 2.24) is 10.0 Å². The van der Waals surface area contributed by atoms with Crippen LogP contribution in [0.1, 0.15) is 19.8 Å². The van der Waals surface area contributed by atoms with E-state index in [1.54, 1.807) is 0 Å². The minimum Gasteiger partial charge on any atom is -0.245 e. The van der Waals surface area contributed by atoms with E-state index in [0.29, 0.717) is 0 Å². The Hall–Kier alpha value is -0.0800. The third-order valence-corrected chi connectivity index (χ3v) is 2.32. The molecule has 0 spiro atoms. The monoisotopic (exact) mass is 128 g/mol. The van der Waals surface area contributed by atoms with Gasteiger partial charge in [-0.05, 0) is 12.8 Å². The Morgan fingerprint density at radius 2 is 2.11 bits per heavy atom. The van der Waals surface area contributed by atoms with Crippen LogP contribution in [0.4, 0.5) is 0 Å². The Kier molecular flexibility index (Phi) is 2.09. The van der Waals surface area contributed by atoms with Crippen molar-refractivity contribution in [2.24, 2.45) is 0 Å². The molecule has 1 fully saturated rings.